The van der Waals surface area contributed by atoms with Gasteiger partial charge in [0.25, 0.3) is 5.56 Å². The van der Waals surface area contributed by atoms with E-state index in [1.165, 1.54) is 30.7 Å². The quantitative estimate of drug-likeness (QED) is 0.815. The number of nitrogens with zero attached hydrogens (tertiary/aromatic N) is 1. The third-order valence-corrected chi connectivity index (χ3v) is 5.07. The number of thiophene rings is 1. The molecule has 0 radical (unpaired) electrons. The van der Waals surface area contributed by atoms with Gasteiger partial charge >= 0.3 is 0 Å². The van der Waals surface area contributed by atoms with Crippen molar-refractivity contribution in [3.05, 3.63) is 50.3 Å². The van der Waals surface area contributed by atoms with E-state index in [1.807, 2.05) is 5.38 Å². The Kier molecular flexibility index (Phi) is 4.38. The van der Waals surface area contributed by atoms with Crippen molar-refractivity contribution < 1.29 is 9.59 Å². The first-order chi connectivity index (χ1) is 11.0. The molecule has 7 heteroatoms. The number of aromatic nitrogens is 2. The lowest BCUT2D eigenvalue weighted by atomic mass is 9.78. The van der Waals surface area contributed by atoms with Crippen LogP contribution in [0.15, 0.2) is 28.6 Å². The highest BCUT2D eigenvalue weighted by molar-refractivity contribution is 7.12. The minimum absolute atomic E-state index is 0.0221. The normalized spacial score (nSPS) is 19.9. The van der Waals surface area contributed by atoms with Gasteiger partial charge in [0.15, 0.2) is 5.78 Å². The van der Waals surface area contributed by atoms with Gasteiger partial charge in [-0.2, -0.15) is 0 Å². The van der Waals surface area contributed by atoms with Crippen LogP contribution in [0.4, 0.5) is 0 Å². The molecule has 0 aromatic carbocycles. The molecule has 0 unspecified atom stereocenters. The molecule has 0 aliphatic heterocycles. The summed E-state index contributed by atoms with van der Waals surface area (Å²) >= 11 is 1.37. The van der Waals surface area contributed by atoms with Gasteiger partial charge in [-0.1, -0.05) is 0 Å². The Morgan fingerprint density at radius 1 is 1.39 bits per heavy atom. The molecule has 6 nitrogen and oxygen atoms in total. The first-order valence-corrected chi connectivity index (χ1v) is 8.31. The van der Waals surface area contributed by atoms with Crippen LogP contribution in [0.2, 0.25) is 0 Å². The zero-order valence-corrected chi connectivity index (χ0v) is 13.5. The second kappa shape index (κ2) is 6.45. The monoisotopic (exact) mass is 331 g/mol. The predicted molar refractivity (Wildman–Crippen MR) is 86.8 cm³/mol. The zero-order chi connectivity index (χ0) is 16.4. The van der Waals surface area contributed by atoms with E-state index >= 15 is 0 Å². The van der Waals surface area contributed by atoms with Crippen LogP contribution >= 0.6 is 11.3 Å². The van der Waals surface area contributed by atoms with E-state index in [9.17, 15) is 14.4 Å². The molecule has 23 heavy (non-hydrogen) atoms. The third-order valence-electron chi connectivity index (χ3n) is 3.99. The minimum atomic E-state index is -0.152. The van der Waals surface area contributed by atoms with Gasteiger partial charge in [0.1, 0.15) is 0 Å². The Hall–Kier alpha value is -2.28. The minimum Gasteiger partial charge on any atom is -0.353 e. The standard InChI is InChI=1S/C16H17N3O3S/c1-9(20)14-2-10(7-23-14)3-16(22)19-12-4-11(5-12)13-6-15(21)18-8-17-13/h2,6-8,11-12H,3-5H2,1H3,(H,19,22)(H,17,18,21). The summed E-state index contributed by atoms with van der Waals surface area (Å²) in [5.74, 6) is 0.210. The Morgan fingerprint density at radius 2 is 2.17 bits per heavy atom. The van der Waals surface area contributed by atoms with E-state index in [4.69, 9.17) is 0 Å². The molecule has 1 fully saturated rings. The Balaban J connectivity index is 1.48. The number of nitrogens with one attached hydrogen (secondary N) is 2. The molecule has 2 aromatic heterocycles. The number of carbonyl (C=O) groups is 2. The molecule has 1 aliphatic rings. The van der Waals surface area contributed by atoms with Crippen LogP contribution < -0.4 is 10.9 Å². The lowest BCUT2D eigenvalue weighted by molar-refractivity contribution is -0.121. The smallest absolute Gasteiger partial charge is 0.250 e. The molecule has 3 rings (SSSR count). The Bertz CT molecular complexity index is 790. The maximum Gasteiger partial charge on any atom is 0.250 e. The maximum atomic E-state index is 12.0. The van der Waals surface area contributed by atoms with Crippen LogP contribution in [0.25, 0.3) is 0 Å². The first-order valence-electron chi connectivity index (χ1n) is 7.43. The van der Waals surface area contributed by atoms with Gasteiger partial charge in [-0.3, -0.25) is 14.4 Å². The molecule has 0 bridgehead atoms. The second-order valence-electron chi connectivity index (χ2n) is 5.82. The van der Waals surface area contributed by atoms with E-state index in [1.54, 1.807) is 6.07 Å². The molecule has 2 aromatic rings. The van der Waals surface area contributed by atoms with E-state index in [2.05, 4.69) is 15.3 Å². The average Bonchev–Trinajstić information content (AvgIpc) is 2.91. The van der Waals surface area contributed by atoms with Crippen molar-refractivity contribution >= 4 is 23.0 Å². The van der Waals surface area contributed by atoms with Crippen molar-refractivity contribution in [2.75, 3.05) is 0 Å². The van der Waals surface area contributed by atoms with Gasteiger partial charge in [0, 0.05) is 18.0 Å². The predicted octanol–water partition coefficient (Wildman–Crippen LogP) is 1.64. The molecule has 1 amide bonds. The summed E-state index contributed by atoms with van der Waals surface area (Å²) in [6.07, 6.45) is 3.29. The second-order valence-corrected chi connectivity index (χ2v) is 6.73. The topological polar surface area (TPSA) is 91.9 Å². The maximum absolute atomic E-state index is 12.0. The van der Waals surface area contributed by atoms with Crippen LogP contribution in [-0.2, 0) is 11.2 Å². The highest BCUT2D eigenvalue weighted by atomic mass is 32.1. The molecule has 1 saturated carbocycles. The molecule has 2 heterocycles. The molecule has 0 spiro atoms. The number of rotatable bonds is 5. The number of hydrogen-bond acceptors (Lipinski definition) is 5. The molecule has 120 valence electrons. The number of carbonyl (C=O) groups excluding carboxylic acids is 2. The Morgan fingerprint density at radius 3 is 2.83 bits per heavy atom. The molecule has 0 saturated heterocycles. The van der Waals surface area contributed by atoms with Gasteiger partial charge in [0.05, 0.1) is 23.3 Å². The number of Topliss-reactive ketones (excluding diaryl/α,β-unsaturated/α-hetero) is 1. The number of ketones is 1. The van der Waals surface area contributed by atoms with Crippen LogP contribution in [0.1, 0.15) is 46.6 Å². The number of hydrogen-bond donors (Lipinski definition) is 2. The molecule has 2 N–H and O–H groups in total. The summed E-state index contributed by atoms with van der Waals surface area (Å²) in [5, 5.41) is 4.83. The highest BCUT2D eigenvalue weighted by Gasteiger charge is 2.32. The SMILES string of the molecule is CC(=O)c1cc(CC(=O)NC2CC(c3cc(=O)[nH]cn3)C2)cs1. The Labute approximate surface area is 137 Å². The van der Waals surface area contributed by atoms with Crippen molar-refractivity contribution in [2.45, 2.75) is 38.1 Å². The number of amides is 1. The van der Waals surface area contributed by atoms with Gasteiger partial charge in [-0.05, 0) is 36.8 Å². The average molecular weight is 331 g/mol. The summed E-state index contributed by atoms with van der Waals surface area (Å²) in [4.78, 5) is 41.9. The van der Waals surface area contributed by atoms with E-state index in [0.29, 0.717) is 4.88 Å². The van der Waals surface area contributed by atoms with Crippen molar-refractivity contribution in [1.82, 2.24) is 15.3 Å². The zero-order valence-electron chi connectivity index (χ0n) is 12.7. The van der Waals surface area contributed by atoms with E-state index in [0.717, 1.165) is 24.1 Å². The summed E-state index contributed by atoms with van der Waals surface area (Å²) in [7, 11) is 0. The summed E-state index contributed by atoms with van der Waals surface area (Å²) < 4.78 is 0. The fourth-order valence-corrected chi connectivity index (χ4v) is 3.52. The lowest BCUT2D eigenvalue weighted by Gasteiger charge is -2.35. The summed E-state index contributed by atoms with van der Waals surface area (Å²) in [6.45, 7) is 1.52. The third kappa shape index (κ3) is 3.73. The number of aromatic amines is 1. The largest absolute Gasteiger partial charge is 0.353 e. The fourth-order valence-electron chi connectivity index (χ4n) is 2.70. The van der Waals surface area contributed by atoms with Gasteiger partial charge < -0.3 is 10.3 Å². The first kappa shape index (κ1) is 15.6. The molecule has 1 aliphatic carbocycles. The van der Waals surface area contributed by atoms with Crippen molar-refractivity contribution in [2.24, 2.45) is 0 Å². The fraction of sp³-hybridized carbons (Fsp3) is 0.375. The van der Waals surface area contributed by atoms with Crippen molar-refractivity contribution in [3.63, 3.8) is 0 Å². The van der Waals surface area contributed by atoms with Crippen molar-refractivity contribution in [3.8, 4) is 0 Å². The van der Waals surface area contributed by atoms with Crippen LogP contribution in [-0.4, -0.2) is 27.7 Å². The number of H-pyrrole nitrogens is 1. The summed E-state index contributed by atoms with van der Waals surface area (Å²) in [6, 6.07) is 3.41. The lowest BCUT2D eigenvalue weighted by Crippen LogP contribution is -2.44. The molecular formula is C16H17N3O3S. The summed E-state index contributed by atoms with van der Waals surface area (Å²) in [5.41, 5.74) is 1.49. The van der Waals surface area contributed by atoms with E-state index < -0.39 is 0 Å². The van der Waals surface area contributed by atoms with Crippen LogP contribution in [0.3, 0.4) is 0 Å². The van der Waals surface area contributed by atoms with E-state index in [-0.39, 0.29) is 35.6 Å². The van der Waals surface area contributed by atoms with Gasteiger partial charge in [-0.15, -0.1) is 11.3 Å². The molecular weight excluding hydrogens is 314 g/mol. The molecule has 0 atom stereocenters. The van der Waals surface area contributed by atoms with Crippen LogP contribution in [0.5, 0.6) is 0 Å². The van der Waals surface area contributed by atoms with Crippen LogP contribution in [0, 0.1) is 0 Å². The van der Waals surface area contributed by atoms with Gasteiger partial charge in [-0.25, -0.2) is 4.98 Å². The van der Waals surface area contributed by atoms with Crippen molar-refractivity contribution in [1.29, 1.82) is 0 Å². The highest BCUT2D eigenvalue weighted by Crippen LogP contribution is 2.35. The van der Waals surface area contributed by atoms with Gasteiger partial charge in [0.2, 0.25) is 5.91 Å².